The molecule has 3 aromatic rings. The summed E-state index contributed by atoms with van der Waals surface area (Å²) in [7, 11) is 0. The van der Waals surface area contributed by atoms with Crippen LogP contribution in [0.3, 0.4) is 0 Å². The van der Waals surface area contributed by atoms with Gasteiger partial charge in [0.25, 0.3) is 0 Å². The molecule has 1 atom stereocenters. The molecule has 1 amide bonds. The van der Waals surface area contributed by atoms with Gasteiger partial charge >= 0.3 is 0 Å². The van der Waals surface area contributed by atoms with Gasteiger partial charge in [-0.25, -0.2) is 4.39 Å². The zero-order valence-corrected chi connectivity index (χ0v) is 17.5. The van der Waals surface area contributed by atoms with E-state index < -0.39 is 0 Å². The Morgan fingerprint density at radius 3 is 2.62 bits per heavy atom. The third-order valence-corrected chi connectivity index (χ3v) is 5.50. The zero-order valence-electron chi connectivity index (χ0n) is 16.6. The molecule has 0 saturated heterocycles. The van der Waals surface area contributed by atoms with Gasteiger partial charge in [-0.15, -0.1) is 16.8 Å². The van der Waals surface area contributed by atoms with Crippen LogP contribution >= 0.6 is 11.8 Å². The molecule has 0 bridgehead atoms. The number of aromatic nitrogens is 3. The SMILES string of the molecule is C=CCn1c(S[C@@H](C)C(=O)Nc2ccc(C)cc2C)nnc1-c1ccc(F)cc1. The van der Waals surface area contributed by atoms with Crippen LogP contribution in [0.4, 0.5) is 10.1 Å². The van der Waals surface area contributed by atoms with Crippen molar-refractivity contribution in [2.75, 3.05) is 5.32 Å². The number of nitrogens with zero attached hydrogens (tertiary/aromatic N) is 3. The van der Waals surface area contributed by atoms with E-state index >= 15 is 0 Å². The molecule has 5 nitrogen and oxygen atoms in total. The van der Waals surface area contributed by atoms with E-state index in [0.29, 0.717) is 17.5 Å². The topological polar surface area (TPSA) is 59.8 Å². The van der Waals surface area contributed by atoms with Crippen LogP contribution in [-0.4, -0.2) is 25.9 Å². The van der Waals surface area contributed by atoms with Crippen molar-refractivity contribution in [1.82, 2.24) is 14.8 Å². The number of halogens is 1. The number of carbonyl (C=O) groups excluding carboxylic acids is 1. The molecule has 0 spiro atoms. The maximum atomic E-state index is 13.2. The number of aryl methyl sites for hydroxylation is 2. The summed E-state index contributed by atoms with van der Waals surface area (Å²) >= 11 is 1.32. The van der Waals surface area contributed by atoms with E-state index in [-0.39, 0.29) is 17.0 Å². The number of carbonyl (C=O) groups is 1. The molecule has 0 fully saturated rings. The molecule has 0 saturated carbocycles. The second-order valence-corrected chi connectivity index (χ2v) is 8.09. The number of allylic oxidation sites excluding steroid dienone is 1. The molecule has 0 unspecified atom stereocenters. The Hall–Kier alpha value is -2.93. The molecule has 0 aliphatic heterocycles. The molecule has 1 aromatic heterocycles. The van der Waals surface area contributed by atoms with Crippen molar-refractivity contribution in [3.63, 3.8) is 0 Å². The van der Waals surface area contributed by atoms with Crippen molar-refractivity contribution in [1.29, 1.82) is 0 Å². The molecule has 1 N–H and O–H groups in total. The summed E-state index contributed by atoms with van der Waals surface area (Å²) in [5.41, 5.74) is 3.71. The molecule has 2 aromatic carbocycles. The number of hydrogen-bond acceptors (Lipinski definition) is 4. The largest absolute Gasteiger partial charge is 0.325 e. The lowest BCUT2D eigenvalue weighted by molar-refractivity contribution is -0.115. The summed E-state index contributed by atoms with van der Waals surface area (Å²) in [5.74, 6) is 0.183. The summed E-state index contributed by atoms with van der Waals surface area (Å²) in [6.07, 6.45) is 1.74. The van der Waals surface area contributed by atoms with Crippen molar-refractivity contribution >= 4 is 23.4 Å². The fourth-order valence-corrected chi connectivity index (χ4v) is 3.74. The number of hydrogen-bond donors (Lipinski definition) is 1. The second-order valence-electron chi connectivity index (χ2n) is 6.78. The van der Waals surface area contributed by atoms with Gasteiger partial charge in [0.2, 0.25) is 5.91 Å². The van der Waals surface area contributed by atoms with Gasteiger partial charge < -0.3 is 5.32 Å². The quantitative estimate of drug-likeness (QED) is 0.440. The predicted octanol–water partition coefficient (Wildman–Crippen LogP) is 5.01. The molecular formula is C22H23FN4OS. The number of thioether (sulfide) groups is 1. The van der Waals surface area contributed by atoms with Crippen LogP contribution in [0.5, 0.6) is 0 Å². The van der Waals surface area contributed by atoms with E-state index in [1.54, 1.807) is 18.2 Å². The van der Waals surface area contributed by atoms with Crippen molar-refractivity contribution in [2.45, 2.75) is 37.7 Å². The van der Waals surface area contributed by atoms with E-state index in [9.17, 15) is 9.18 Å². The normalized spacial score (nSPS) is 11.9. The molecule has 7 heteroatoms. The summed E-state index contributed by atoms with van der Waals surface area (Å²) < 4.78 is 15.1. The Labute approximate surface area is 174 Å². The van der Waals surface area contributed by atoms with E-state index in [1.165, 1.54) is 23.9 Å². The summed E-state index contributed by atoms with van der Waals surface area (Å²) in [6, 6.07) is 12.0. The van der Waals surface area contributed by atoms with Crippen LogP contribution in [0.1, 0.15) is 18.1 Å². The Balaban J connectivity index is 1.78. The minimum Gasteiger partial charge on any atom is -0.325 e. The highest BCUT2D eigenvalue weighted by molar-refractivity contribution is 8.00. The Bertz CT molecular complexity index is 1030. The van der Waals surface area contributed by atoms with Crippen LogP contribution < -0.4 is 5.32 Å². The third kappa shape index (κ3) is 4.92. The van der Waals surface area contributed by atoms with Gasteiger partial charge in [0, 0.05) is 17.8 Å². The molecule has 1 heterocycles. The molecule has 29 heavy (non-hydrogen) atoms. The van der Waals surface area contributed by atoms with E-state index in [2.05, 4.69) is 22.1 Å². The minimum absolute atomic E-state index is 0.113. The van der Waals surface area contributed by atoms with Crippen molar-refractivity contribution < 1.29 is 9.18 Å². The van der Waals surface area contributed by atoms with Crippen molar-refractivity contribution in [3.05, 3.63) is 72.1 Å². The Kier molecular flexibility index (Phi) is 6.49. The fraction of sp³-hybridized carbons (Fsp3) is 0.227. The highest BCUT2D eigenvalue weighted by atomic mass is 32.2. The van der Waals surface area contributed by atoms with Crippen molar-refractivity contribution in [3.8, 4) is 11.4 Å². The first kappa shape index (κ1) is 20.8. The highest BCUT2D eigenvalue weighted by Gasteiger charge is 2.21. The van der Waals surface area contributed by atoms with E-state index in [0.717, 1.165) is 22.4 Å². The monoisotopic (exact) mass is 410 g/mol. The maximum absolute atomic E-state index is 13.2. The minimum atomic E-state index is -0.385. The first-order chi connectivity index (χ1) is 13.9. The van der Waals surface area contributed by atoms with Gasteiger partial charge in [-0.1, -0.05) is 35.5 Å². The van der Waals surface area contributed by atoms with Crippen LogP contribution in [0.25, 0.3) is 11.4 Å². The lowest BCUT2D eigenvalue weighted by atomic mass is 10.1. The second kappa shape index (κ2) is 9.05. The molecule has 0 aliphatic carbocycles. The van der Waals surface area contributed by atoms with Gasteiger partial charge in [0.15, 0.2) is 11.0 Å². The average Bonchev–Trinajstić information content (AvgIpc) is 3.07. The van der Waals surface area contributed by atoms with E-state index in [4.69, 9.17) is 0 Å². The van der Waals surface area contributed by atoms with Gasteiger partial charge in [0.05, 0.1) is 5.25 Å². The Morgan fingerprint density at radius 2 is 1.97 bits per heavy atom. The lowest BCUT2D eigenvalue weighted by Gasteiger charge is -2.14. The zero-order chi connectivity index (χ0) is 21.0. The number of nitrogens with one attached hydrogen (secondary N) is 1. The van der Waals surface area contributed by atoms with Crippen LogP contribution in [0, 0.1) is 19.7 Å². The lowest BCUT2D eigenvalue weighted by Crippen LogP contribution is -2.23. The third-order valence-electron chi connectivity index (χ3n) is 4.42. The van der Waals surface area contributed by atoms with Gasteiger partial charge in [-0.05, 0) is 56.7 Å². The molecule has 150 valence electrons. The fourth-order valence-electron chi connectivity index (χ4n) is 2.88. The van der Waals surface area contributed by atoms with Crippen molar-refractivity contribution in [2.24, 2.45) is 0 Å². The van der Waals surface area contributed by atoms with Gasteiger partial charge in [-0.2, -0.15) is 0 Å². The highest BCUT2D eigenvalue weighted by Crippen LogP contribution is 2.28. The number of anilines is 1. The molecule has 3 rings (SSSR count). The summed E-state index contributed by atoms with van der Waals surface area (Å²) in [6.45, 7) is 10.1. The first-order valence-electron chi connectivity index (χ1n) is 9.24. The molecular weight excluding hydrogens is 387 g/mol. The van der Waals surface area contributed by atoms with Crippen LogP contribution in [0.2, 0.25) is 0 Å². The van der Waals surface area contributed by atoms with Crippen LogP contribution in [-0.2, 0) is 11.3 Å². The van der Waals surface area contributed by atoms with Gasteiger partial charge in [-0.3, -0.25) is 9.36 Å². The number of amides is 1. The number of rotatable bonds is 7. The van der Waals surface area contributed by atoms with Crippen LogP contribution in [0.15, 0.2) is 60.3 Å². The predicted molar refractivity (Wildman–Crippen MR) is 115 cm³/mol. The average molecular weight is 411 g/mol. The smallest absolute Gasteiger partial charge is 0.237 e. The number of benzene rings is 2. The Morgan fingerprint density at radius 1 is 1.24 bits per heavy atom. The molecule has 0 radical (unpaired) electrons. The van der Waals surface area contributed by atoms with Gasteiger partial charge in [0.1, 0.15) is 5.82 Å². The summed E-state index contributed by atoms with van der Waals surface area (Å²) in [5, 5.41) is 11.7. The molecule has 0 aliphatic rings. The first-order valence-corrected chi connectivity index (χ1v) is 10.1. The van der Waals surface area contributed by atoms with E-state index in [1.807, 2.05) is 43.5 Å². The standard InChI is InChI=1S/C22H23FN4OS/c1-5-12-27-20(17-7-9-18(23)10-8-17)25-26-22(27)29-16(4)21(28)24-19-11-6-14(2)13-15(19)3/h5-11,13,16H,1,12H2,2-4H3,(H,24,28)/t16-/m0/s1. The maximum Gasteiger partial charge on any atom is 0.237 e. The summed E-state index contributed by atoms with van der Waals surface area (Å²) in [4.78, 5) is 12.7.